The molecule has 17 heavy (non-hydrogen) atoms. The summed E-state index contributed by atoms with van der Waals surface area (Å²) in [5.41, 5.74) is -1.73. The number of rotatable bonds is 2. The molecule has 1 aliphatic rings. The van der Waals surface area contributed by atoms with Crippen molar-refractivity contribution in [3.8, 4) is 0 Å². The van der Waals surface area contributed by atoms with Crippen LogP contribution in [0.4, 0.5) is 4.79 Å². The predicted molar refractivity (Wildman–Crippen MR) is 63.6 cm³/mol. The number of aliphatic hydroxyl groups excluding tert-OH is 1. The van der Waals surface area contributed by atoms with Gasteiger partial charge in [-0.25, -0.2) is 4.79 Å². The van der Waals surface area contributed by atoms with Crippen LogP contribution in [0.5, 0.6) is 0 Å². The van der Waals surface area contributed by atoms with Gasteiger partial charge in [-0.05, 0) is 20.8 Å². The number of amides is 1. The van der Waals surface area contributed by atoms with Gasteiger partial charge in [0.05, 0.1) is 19.2 Å². The molecule has 2 atom stereocenters. The zero-order valence-electron chi connectivity index (χ0n) is 10.6. The maximum atomic E-state index is 11.9. The van der Waals surface area contributed by atoms with Gasteiger partial charge in [0.2, 0.25) is 0 Å². The lowest BCUT2D eigenvalue weighted by Crippen LogP contribution is -2.42. The van der Waals surface area contributed by atoms with Gasteiger partial charge < -0.3 is 14.9 Å². The van der Waals surface area contributed by atoms with Crippen LogP contribution in [0.15, 0.2) is 12.7 Å². The van der Waals surface area contributed by atoms with Crippen molar-refractivity contribution < 1.29 is 19.7 Å². The summed E-state index contributed by atoms with van der Waals surface area (Å²) in [4.78, 5) is 13.2. The standard InChI is InChI=1S/C12H21NO4/c1-5-12(16)6-9(7-14)13(8-12)10(15)17-11(2,3)4/h5,9,14,16H,1,6-8H2,2-4H3. The van der Waals surface area contributed by atoms with E-state index in [4.69, 9.17) is 4.74 Å². The molecule has 1 saturated heterocycles. The Morgan fingerprint density at radius 3 is 2.65 bits per heavy atom. The number of ether oxygens (including phenoxy) is 1. The highest BCUT2D eigenvalue weighted by Crippen LogP contribution is 2.29. The summed E-state index contributed by atoms with van der Waals surface area (Å²) in [5.74, 6) is 0. The molecule has 2 unspecified atom stereocenters. The topological polar surface area (TPSA) is 70.0 Å². The van der Waals surface area contributed by atoms with E-state index < -0.39 is 23.3 Å². The quantitative estimate of drug-likeness (QED) is 0.707. The second-order valence-electron chi connectivity index (χ2n) is 5.46. The Labute approximate surface area is 102 Å². The summed E-state index contributed by atoms with van der Waals surface area (Å²) in [6.07, 6.45) is 1.17. The zero-order chi connectivity index (χ0) is 13.3. The van der Waals surface area contributed by atoms with E-state index in [1.165, 1.54) is 11.0 Å². The minimum atomic E-state index is -1.13. The average molecular weight is 243 g/mol. The van der Waals surface area contributed by atoms with Crippen LogP contribution in [0.25, 0.3) is 0 Å². The summed E-state index contributed by atoms with van der Waals surface area (Å²) >= 11 is 0. The Kier molecular flexibility index (Phi) is 3.84. The molecule has 5 heteroatoms. The highest BCUT2D eigenvalue weighted by atomic mass is 16.6. The van der Waals surface area contributed by atoms with E-state index in [-0.39, 0.29) is 19.6 Å². The first-order valence-corrected chi connectivity index (χ1v) is 5.67. The van der Waals surface area contributed by atoms with E-state index in [0.717, 1.165) is 0 Å². The minimum absolute atomic E-state index is 0.108. The first kappa shape index (κ1) is 14.0. The molecule has 0 aromatic heterocycles. The van der Waals surface area contributed by atoms with Crippen molar-refractivity contribution in [3.05, 3.63) is 12.7 Å². The molecule has 0 aromatic carbocycles. The number of carbonyl (C=O) groups excluding carboxylic acids is 1. The molecule has 98 valence electrons. The monoisotopic (exact) mass is 243 g/mol. The number of hydrogen-bond donors (Lipinski definition) is 2. The van der Waals surface area contributed by atoms with Crippen molar-refractivity contribution in [2.75, 3.05) is 13.2 Å². The van der Waals surface area contributed by atoms with E-state index in [1.807, 2.05) is 0 Å². The van der Waals surface area contributed by atoms with Gasteiger partial charge in [0, 0.05) is 6.42 Å². The lowest BCUT2D eigenvalue weighted by atomic mass is 10.0. The van der Waals surface area contributed by atoms with Crippen LogP contribution in [0.2, 0.25) is 0 Å². The van der Waals surface area contributed by atoms with Crippen molar-refractivity contribution in [1.82, 2.24) is 4.90 Å². The van der Waals surface area contributed by atoms with Crippen LogP contribution in [0, 0.1) is 0 Å². The van der Waals surface area contributed by atoms with Crippen LogP contribution < -0.4 is 0 Å². The summed E-state index contributed by atoms with van der Waals surface area (Å²) in [5, 5.41) is 19.3. The molecular weight excluding hydrogens is 222 g/mol. The molecule has 0 aromatic rings. The van der Waals surface area contributed by atoms with Gasteiger partial charge >= 0.3 is 6.09 Å². The van der Waals surface area contributed by atoms with Gasteiger partial charge in [0.25, 0.3) is 0 Å². The van der Waals surface area contributed by atoms with E-state index in [2.05, 4.69) is 6.58 Å². The molecule has 5 nitrogen and oxygen atoms in total. The Morgan fingerprint density at radius 2 is 2.24 bits per heavy atom. The molecule has 2 N–H and O–H groups in total. The largest absolute Gasteiger partial charge is 0.444 e. The maximum Gasteiger partial charge on any atom is 0.410 e. The van der Waals surface area contributed by atoms with Crippen LogP contribution in [0.1, 0.15) is 27.2 Å². The molecule has 1 rings (SSSR count). The van der Waals surface area contributed by atoms with Crippen LogP contribution >= 0.6 is 0 Å². The third kappa shape index (κ3) is 3.44. The molecular formula is C12H21NO4. The second kappa shape index (κ2) is 4.66. The van der Waals surface area contributed by atoms with Crippen molar-refractivity contribution in [2.45, 2.75) is 44.4 Å². The number of aliphatic hydroxyl groups is 2. The number of hydrogen-bond acceptors (Lipinski definition) is 4. The number of carbonyl (C=O) groups is 1. The Balaban J connectivity index is 2.76. The Hall–Kier alpha value is -1.07. The van der Waals surface area contributed by atoms with Crippen molar-refractivity contribution in [1.29, 1.82) is 0 Å². The van der Waals surface area contributed by atoms with Gasteiger partial charge in [-0.15, -0.1) is 6.58 Å². The normalized spacial score (nSPS) is 29.2. The average Bonchev–Trinajstić information content (AvgIpc) is 2.54. The van der Waals surface area contributed by atoms with E-state index in [0.29, 0.717) is 0 Å². The molecule has 0 saturated carbocycles. The van der Waals surface area contributed by atoms with Gasteiger partial charge in [0.1, 0.15) is 11.2 Å². The minimum Gasteiger partial charge on any atom is -0.444 e. The van der Waals surface area contributed by atoms with E-state index in [1.54, 1.807) is 20.8 Å². The molecule has 1 aliphatic heterocycles. The molecule has 0 spiro atoms. The highest BCUT2D eigenvalue weighted by Gasteiger charge is 2.44. The number of β-amino-alcohol motifs (C(OH)–C–C–N with tert-alkyl or cyclic N) is 1. The Morgan fingerprint density at radius 1 is 1.65 bits per heavy atom. The predicted octanol–water partition coefficient (Wildman–Crippen LogP) is 0.905. The first-order chi connectivity index (χ1) is 7.71. The van der Waals surface area contributed by atoms with E-state index in [9.17, 15) is 15.0 Å². The smallest absolute Gasteiger partial charge is 0.410 e. The molecule has 1 heterocycles. The lowest BCUT2D eigenvalue weighted by molar-refractivity contribution is 0.0142. The highest BCUT2D eigenvalue weighted by molar-refractivity contribution is 5.69. The number of likely N-dealkylation sites (tertiary alicyclic amines) is 1. The Bertz CT molecular complexity index is 310. The van der Waals surface area contributed by atoms with Gasteiger partial charge in [-0.1, -0.05) is 6.08 Å². The van der Waals surface area contributed by atoms with Crippen molar-refractivity contribution >= 4 is 6.09 Å². The molecule has 1 amide bonds. The van der Waals surface area contributed by atoms with E-state index >= 15 is 0 Å². The zero-order valence-corrected chi connectivity index (χ0v) is 10.6. The third-order valence-corrected chi connectivity index (χ3v) is 2.69. The van der Waals surface area contributed by atoms with Gasteiger partial charge in [-0.2, -0.15) is 0 Å². The first-order valence-electron chi connectivity index (χ1n) is 5.67. The molecule has 0 radical (unpaired) electrons. The molecule has 1 fully saturated rings. The third-order valence-electron chi connectivity index (χ3n) is 2.69. The summed E-state index contributed by atoms with van der Waals surface area (Å²) in [7, 11) is 0. The second-order valence-corrected chi connectivity index (χ2v) is 5.46. The van der Waals surface area contributed by atoms with Crippen molar-refractivity contribution in [2.24, 2.45) is 0 Å². The van der Waals surface area contributed by atoms with Crippen molar-refractivity contribution in [3.63, 3.8) is 0 Å². The molecule has 0 bridgehead atoms. The fraction of sp³-hybridized carbons (Fsp3) is 0.750. The number of nitrogens with zero attached hydrogens (tertiary/aromatic N) is 1. The van der Waals surface area contributed by atoms with Gasteiger partial charge in [0.15, 0.2) is 0 Å². The summed E-state index contributed by atoms with van der Waals surface area (Å²) in [6.45, 7) is 8.77. The summed E-state index contributed by atoms with van der Waals surface area (Å²) in [6, 6.07) is -0.423. The van der Waals surface area contributed by atoms with Gasteiger partial charge in [-0.3, -0.25) is 4.90 Å². The fourth-order valence-electron chi connectivity index (χ4n) is 1.85. The SMILES string of the molecule is C=CC1(O)CC(CO)N(C(=O)OC(C)(C)C)C1. The van der Waals surface area contributed by atoms with Crippen LogP contribution in [-0.2, 0) is 4.74 Å². The lowest BCUT2D eigenvalue weighted by Gasteiger charge is -2.27. The fourth-order valence-corrected chi connectivity index (χ4v) is 1.85. The molecule has 0 aliphatic carbocycles. The van der Waals surface area contributed by atoms with Crippen LogP contribution in [0.3, 0.4) is 0 Å². The maximum absolute atomic E-state index is 11.9. The summed E-state index contributed by atoms with van der Waals surface area (Å²) < 4.78 is 5.22. The van der Waals surface area contributed by atoms with Crippen LogP contribution in [-0.4, -0.2) is 51.6 Å².